The molecular formula is C15H16FN3O3. The Morgan fingerprint density at radius 1 is 1.14 bits per heavy atom. The number of hydrogen-bond donors (Lipinski definition) is 0. The average Bonchev–Trinajstić information content (AvgIpc) is 3.05. The second-order valence-electron chi connectivity index (χ2n) is 4.81. The molecule has 22 heavy (non-hydrogen) atoms. The maximum atomic E-state index is 13.6. The molecule has 0 atom stereocenters. The van der Waals surface area contributed by atoms with Crippen molar-refractivity contribution in [2.45, 2.75) is 0 Å². The van der Waals surface area contributed by atoms with Crippen LogP contribution >= 0.6 is 0 Å². The van der Waals surface area contributed by atoms with Crippen LogP contribution in [0, 0.1) is 5.82 Å². The van der Waals surface area contributed by atoms with Crippen molar-refractivity contribution in [3.05, 3.63) is 54.0 Å². The van der Waals surface area contributed by atoms with Crippen molar-refractivity contribution in [3.63, 3.8) is 0 Å². The first-order chi connectivity index (χ1) is 10.5. The number of oxazole rings is 1. The Balaban J connectivity index is 1.92. The lowest BCUT2D eigenvalue weighted by Crippen LogP contribution is -2.37. The zero-order chi connectivity index (χ0) is 16.1. The Morgan fingerprint density at radius 2 is 1.77 bits per heavy atom. The minimum absolute atomic E-state index is 0.00970. The summed E-state index contributed by atoms with van der Waals surface area (Å²) in [6, 6.07) is 5.79. The summed E-state index contributed by atoms with van der Waals surface area (Å²) < 4.78 is 18.3. The highest BCUT2D eigenvalue weighted by Crippen LogP contribution is 2.09. The van der Waals surface area contributed by atoms with Gasteiger partial charge in [0.05, 0.1) is 5.56 Å². The molecule has 0 N–H and O–H groups in total. The van der Waals surface area contributed by atoms with Crippen molar-refractivity contribution in [3.8, 4) is 0 Å². The molecule has 2 aromatic rings. The number of hydrogen-bond acceptors (Lipinski definition) is 4. The smallest absolute Gasteiger partial charge is 0.275 e. The van der Waals surface area contributed by atoms with Crippen molar-refractivity contribution >= 4 is 11.8 Å². The van der Waals surface area contributed by atoms with Crippen molar-refractivity contribution in [2.75, 3.05) is 27.2 Å². The van der Waals surface area contributed by atoms with Crippen LogP contribution in [0.2, 0.25) is 0 Å². The summed E-state index contributed by atoms with van der Waals surface area (Å²) in [4.78, 5) is 30.6. The number of amides is 2. The SMILES string of the molecule is CN(CCN(C)C(=O)c1ccccc1F)C(=O)c1cocn1. The second-order valence-corrected chi connectivity index (χ2v) is 4.81. The molecule has 0 saturated heterocycles. The quantitative estimate of drug-likeness (QED) is 0.842. The van der Waals surface area contributed by atoms with Crippen molar-refractivity contribution in [2.24, 2.45) is 0 Å². The molecule has 1 aromatic heterocycles. The van der Waals surface area contributed by atoms with Gasteiger partial charge in [-0.05, 0) is 12.1 Å². The third-order valence-electron chi connectivity index (χ3n) is 3.22. The summed E-state index contributed by atoms with van der Waals surface area (Å²) in [6.07, 6.45) is 2.43. The third-order valence-corrected chi connectivity index (χ3v) is 3.22. The Bertz CT molecular complexity index is 658. The van der Waals surface area contributed by atoms with Gasteiger partial charge in [-0.3, -0.25) is 9.59 Å². The van der Waals surface area contributed by atoms with E-state index >= 15 is 0 Å². The molecule has 6 nitrogen and oxygen atoms in total. The first kappa shape index (κ1) is 15.7. The summed E-state index contributed by atoms with van der Waals surface area (Å²) in [6.45, 7) is 0.565. The summed E-state index contributed by atoms with van der Waals surface area (Å²) in [7, 11) is 3.15. The molecule has 1 heterocycles. The highest BCUT2D eigenvalue weighted by molar-refractivity contribution is 5.94. The van der Waals surface area contributed by atoms with Crippen molar-refractivity contribution < 1.29 is 18.4 Å². The topological polar surface area (TPSA) is 66.7 Å². The van der Waals surface area contributed by atoms with Crippen LogP contribution in [0.5, 0.6) is 0 Å². The maximum absolute atomic E-state index is 13.6. The molecule has 116 valence electrons. The van der Waals surface area contributed by atoms with Crippen LogP contribution in [0.15, 0.2) is 41.3 Å². The van der Waals surface area contributed by atoms with E-state index in [1.807, 2.05) is 0 Å². The third kappa shape index (κ3) is 3.49. The van der Waals surface area contributed by atoms with Gasteiger partial charge in [0, 0.05) is 27.2 Å². The molecule has 0 spiro atoms. The van der Waals surface area contributed by atoms with E-state index in [4.69, 9.17) is 4.42 Å². The summed E-state index contributed by atoms with van der Waals surface area (Å²) in [5.74, 6) is -1.30. The minimum atomic E-state index is -0.564. The van der Waals surface area contributed by atoms with E-state index in [2.05, 4.69) is 4.98 Å². The molecule has 0 radical (unpaired) electrons. The molecule has 0 aliphatic rings. The lowest BCUT2D eigenvalue weighted by Gasteiger charge is -2.22. The average molecular weight is 305 g/mol. The van der Waals surface area contributed by atoms with Gasteiger partial charge in [0.25, 0.3) is 11.8 Å². The first-order valence-corrected chi connectivity index (χ1v) is 6.64. The fourth-order valence-corrected chi connectivity index (χ4v) is 1.86. The van der Waals surface area contributed by atoms with Gasteiger partial charge in [-0.15, -0.1) is 0 Å². The van der Waals surface area contributed by atoms with Crippen LogP contribution in [0.25, 0.3) is 0 Å². The standard InChI is InChI=1S/C15H16FN3O3/c1-18(14(20)11-5-3-4-6-12(11)16)7-8-19(2)15(21)13-9-22-10-17-13/h3-6,9-10H,7-8H2,1-2H3. The van der Waals surface area contributed by atoms with Crippen LogP contribution in [0.1, 0.15) is 20.8 Å². The molecule has 1 aromatic carbocycles. The fraction of sp³-hybridized carbons (Fsp3) is 0.267. The van der Waals surface area contributed by atoms with Gasteiger partial charge in [0.2, 0.25) is 0 Å². The number of benzene rings is 1. The molecular weight excluding hydrogens is 289 g/mol. The van der Waals surface area contributed by atoms with E-state index in [0.29, 0.717) is 6.54 Å². The number of carbonyl (C=O) groups excluding carboxylic acids is 2. The number of rotatable bonds is 5. The van der Waals surface area contributed by atoms with E-state index in [1.165, 1.54) is 40.7 Å². The van der Waals surface area contributed by atoms with E-state index in [0.717, 1.165) is 0 Å². The summed E-state index contributed by atoms with van der Waals surface area (Å²) in [5, 5.41) is 0. The largest absolute Gasteiger partial charge is 0.451 e. The number of carbonyl (C=O) groups is 2. The summed E-state index contributed by atoms with van der Waals surface area (Å²) >= 11 is 0. The van der Waals surface area contributed by atoms with Gasteiger partial charge in [-0.2, -0.15) is 0 Å². The van der Waals surface area contributed by atoms with Gasteiger partial charge in [-0.1, -0.05) is 12.1 Å². The number of nitrogens with zero attached hydrogens (tertiary/aromatic N) is 3. The predicted molar refractivity (Wildman–Crippen MR) is 76.8 cm³/mol. The lowest BCUT2D eigenvalue weighted by molar-refractivity contribution is 0.0713. The molecule has 0 saturated carbocycles. The monoisotopic (exact) mass is 305 g/mol. The molecule has 0 aliphatic carbocycles. The highest BCUT2D eigenvalue weighted by Gasteiger charge is 2.18. The van der Waals surface area contributed by atoms with Crippen LogP contribution in [-0.2, 0) is 0 Å². The van der Waals surface area contributed by atoms with E-state index in [1.54, 1.807) is 20.2 Å². The second kappa shape index (κ2) is 6.84. The highest BCUT2D eigenvalue weighted by atomic mass is 19.1. The zero-order valence-corrected chi connectivity index (χ0v) is 12.3. The van der Waals surface area contributed by atoms with Gasteiger partial charge in [0.1, 0.15) is 12.1 Å². The minimum Gasteiger partial charge on any atom is -0.451 e. The van der Waals surface area contributed by atoms with Gasteiger partial charge >= 0.3 is 0 Å². The molecule has 0 fully saturated rings. The van der Waals surface area contributed by atoms with Crippen LogP contribution in [0.3, 0.4) is 0 Å². The van der Waals surface area contributed by atoms with E-state index < -0.39 is 11.7 Å². The normalized spacial score (nSPS) is 10.3. The van der Waals surface area contributed by atoms with Crippen molar-refractivity contribution in [1.82, 2.24) is 14.8 Å². The lowest BCUT2D eigenvalue weighted by atomic mass is 10.2. The first-order valence-electron chi connectivity index (χ1n) is 6.64. The van der Waals surface area contributed by atoms with E-state index in [9.17, 15) is 14.0 Å². The molecule has 2 amide bonds. The Kier molecular flexibility index (Phi) is 4.88. The van der Waals surface area contributed by atoms with Crippen molar-refractivity contribution in [1.29, 1.82) is 0 Å². The summed E-state index contributed by atoms with van der Waals surface area (Å²) in [5.41, 5.74) is 0.209. The molecule has 0 bridgehead atoms. The van der Waals surface area contributed by atoms with E-state index in [-0.39, 0.29) is 23.7 Å². The predicted octanol–water partition coefficient (Wildman–Crippen LogP) is 1.66. The number of likely N-dealkylation sites (N-methyl/N-ethyl adjacent to an activating group) is 2. The molecule has 2 rings (SSSR count). The maximum Gasteiger partial charge on any atom is 0.275 e. The fourth-order valence-electron chi connectivity index (χ4n) is 1.86. The van der Waals surface area contributed by atoms with Gasteiger partial charge in [-0.25, -0.2) is 9.37 Å². The Labute approximate surface area is 127 Å². The molecule has 0 unspecified atom stereocenters. The Morgan fingerprint density at radius 3 is 2.36 bits per heavy atom. The molecule has 7 heteroatoms. The van der Waals surface area contributed by atoms with Gasteiger partial charge in [0.15, 0.2) is 12.1 Å². The number of aromatic nitrogens is 1. The molecule has 0 aliphatic heterocycles. The van der Waals surface area contributed by atoms with Crippen LogP contribution in [-0.4, -0.2) is 53.8 Å². The van der Waals surface area contributed by atoms with Gasteiger partial charge < -0.3 is 14.2 Å². The van der Waals surface area contributed by atoms with Crippen LogP contribution in [0.4, 0.5) is 4.39 Å². The Hall–Kier alpha value is -2.70. The zero-order valence-electron chi connectivity index (χ0n) is 12.3. The number of halogens is 1. The van der Waals surface area contributed by atoms with Crippen LogP contribution < -0.4 is 0 Å².